The summed E-state index contributed by atoms with van der Waals surface area (Å²) in [7, 11) is 2.94. The Bertz CT molecular complexity index is 1030. The minimum atomic E-state index is -0.524. The van der Waals surface area contributed by atoms with Gasteiger partial charge >= 0.3 is 5.97 Å². The SMILES string of the molecule is COC(=O)C1=C(C)NC2=C(C(=O)c3ccccc32)[C@H]1c1cccc(OC)c1. The molecule has 0 amide bonds. The summed E-state index contributed by atoms with van der Waals surface area (Å²) in [6.07, 6.45) is 0. The third-order valence-electron chi connectivity index (χ3n) is 5.08. The summed E-state index contributed by atoms with van der Waals surface area (Å²) in [6.45, 7) is 1.83. The fraction of sp³-hybridized carbons (Fsp3) is 0.182. The van der Waals surface area contributed by atoms with Crippen LogP contribution >= 0.6 is 0 Å². The average Bonchev–Trinajstić information content (AvgIpc) is 2.98. The highest BCUT2D eigenvalue weighted by Crippen LogP contribution is 2.47. The summed E-state index contributed by atoms with van der Waals surface area (Å²) in [5.41, 5.74) is 4.74. The van der Waals surface area contributed by atoms with Crippen molar-refractivity contribution >= 4 is 17.4 Å². The number of hydrogen-bond acceptors (Lipinski definition) is 5. The van der Waals surface area contributed by atoms with Crippen LogP contribution in [-0.2, 0) is 9.53 Å². The van der Waals surface area contributed by atoms with Gasteiger partial charge in [-0.1, -0.05) is 36.4 Å². The van der Waals surface area contributed by atoms with Crippen LogP contribution in [0.4, 0.5) is 0 Å². The number of allylic oxidation sites excluding steroid dienone is 2. The number of dihydropyridines is 1. The van der Waals surface area contributed by atoms with Crippen molar-refractivity contribution in [2.24, 2.45) is 0 Å². The molecule has 1 N–H and O–H groups in total. The molecule has 5 nitrogen and oxygen atoms in total. The molecule has 0 saturated carbocycles. The quantitative estimate of drug-likeness (QED) is 0.849. The predicted molar refractivity (Wildman–Crippen MR) is 101 cm³/mol. The zero-order valence-electron chi connectivity index (χ0n) is 15.3. The standard InChI is InChI=1S/C22H19NO4/c1-12-17(22(25)27-3)18(13-7-6-8-14(11-13)26-2)19-20(23-12)15-9-4-5-10-16(15)21(19)24/h4-11,18,23H,1-3H3/t18-/m0/s1. The first-order valence-corrected chi connectivity index (χ1v) is 8.65. The van der Waals surface area contributed by atoms with E-state index in [1.807, 2.05) is 55.5 Å². The normalized spacial score (nSPS) is 18.0. The molecule has 136 valence electrons. The molecule has 1 heterocycles. The fourth-order valence-electron chi connectivity index (χ4n) is 3.86. The smallest absolute Gasteiger partial charge is 0.336 e. The number of benzene rings is 2. The number of esters is 1. The van der Waals surface area contributed by atoms with Gasteiger partial charge in [0.25, 0.3) is 0 Å². The Labute approximate surface area is 157 Å². The summed E-state index contributed by atoms with van der Waals surface area (Å²) < 4.78 is 10.4. The van der Waals surface area contributed by atoms with Gasteiger partial charge in [-0.2, -0.15) is 0 Å². The Hall–Kier alpha value is -3.34. The molecule has 0 radical (unpaired) electrons. The minimum absolute atomic E-state index is 0.0742. The molecule has 0 saturated heterocycles. The summed E-state index contributed by atoms with van der Waals surface area (Å²) in [6, 6.07) is 14.9. The summed E-state index contributed by atoms with van der Waals surface area (Å²) in [4.78, 5) is 25.8. The molecule has 1 atom stereocenters. The Morgan fingerprint density at radius 2 is 1.78 bits per heavy atom. The number of fused-ring (bicyclic) bond motifs is 2. The Morgan fingerprint density at radius 3 is 2.48 bits per heavy atom. The van der Waals surface area contributed by atoms with E-state index in [1.54, 1.807) is 7.11 Å². The van der Waals surface area contributed by atoms with Gasteiger partial charge in [-0.15, -0.1) is 0 Å². The highest BCUT2D eigenvalue weighted by Gasteiger charge is 2.42. The van der Waals surface area contributed by atoms with E-state index in [0.29, 0.717) is 28.2 Å². The van der Waals surface area contributed by atoms with Crippen LogP contribution in [0.3, 0.4) is 0 Å². The summed E-state index contributed by atoms with van der Waals surface area (Å²) in [5, 5.41) is 3.26. The molecule has 0 bridgehead atoms. The first-order chi connectivity index (χ1) is 13.1. The van der Waals surface area contributed by atoms with Crippen molar-refractivity contribution in [2.75, 3.05) is 14.2 Å². The topological polar surface area (TPSA) is 64.6 Å². The Balaban J connectivity index is 1.96. The first kappa shape index (κ1) is 17.1. The van der Waals surface area contributed by atoms with Gasteiger partial charge < -0.3 is 14.8 Å². The van der Waals surface area contributed by atoms with Crippen molar-refractivity contribution in [1.82, 2.24) is 5.32 Å². The highest BCUT2D eigenvalue weighted by atomic mass is 16.5. The van der Waals surface area contributed by atoms with E-state index in [1.165, 1.54) is 7.11 Å². The lowest BCUT2D eigenvalue weighted by Crippen LogP contribution is -2.29. The van der Waals surface area contributed by atoms with E-state index in [2.05, 4.69) is 5.32 Å². The third kappa shape index (κ3) is 2.54. The molecule has 0 unspecified atom stereocenters. The summed E-state index contributed by atoms with van der Waals surface area (Å²) in [5.74, 6) is -0.389. The number of nitrogens with one attached hydrogen (secondary N) is 1. The molecule has 5 heteroatoms. The number of hydrogen-bond donors (Lipinski definition) is 1. The molecular formula is C22H19NO4. The van der Waals surface area contributed by atoms with Gasteiger partial charge in [0.1, 0.15) is 5.75 Å². The van der Waals surface area contributed by atoms with Crippen LogP contribution in [0.5, 0.6) is 5.75 Å². The second kappa shape index (κ2) is 6.43. The number of rotatable bonds is 3. The van der Waals surface area contributed by atoms with E-state index < -0.39 is 11.9 Å². The highest BCUT2D eigenvalue weighted by molar-refractivity contribution is 6.23. The Morgan fingerprint density at radius 1 is 1.04 bits per heavy atom. The Kier molecular flexibility index (Phi) is 4.07. The largest absolute Gasteiger partial charge is 0.497 e. The molecular weight excluding hydrogens is 342 g/mol. The van der Waals surface area contributed by atoms with Crippen molar-refractivity contribution in [3.63, 3.8) is 0 Å². The number of Topliss-reactive ketones (excluding diaryl/α,β-unsaturated/α-hetero) is 1. The van der Waals surface area contributed by atoms with Crippen molar-refractivity contribution in [1.29, 1.82) is 0 Å². The van der Waals surface area contributed by atoms with Crippen LogP contribution in [0.1, 0.15) is 34.3 Å². The molecule has 2 aliphatic rings. The molecule has 1 aliphatic heterocycles. The molecule has 27 heavy (non-hydrogen) atoms. The van der Waals surface area contributed by atoms with Crippen molar-refractivity contribution in [2.45, 2.75) is 12.8 Å². The zero-order chi connectivity index (χ0) is 19.1. The number of carbonyl (C=O) groups is 2. The summed E-state index contributed by atoms with van der Waals surface area (Å²) >= 11 is 0. The van der Waals surface area contributed by atoms with Gasteiger partial charge in [-0.05, 0) is 24.6 Å². The van der Waals surface area contributed by atoms with Crippen LogP contribution in [0.15, 0.2) is 65.4 Å². The van der Waals surface area contributed by atoms with Gasteiger partial charge in [0.05, 0.1) is 25.5 Å². The van der Waals surface area contributed by atoms with Crippen LogP contribution in [0.25, 0.3) is 5.70 Å². The predicted octanol–water partition coefficient (Wildman–Crippen LogP) is 3.44. The molecule has 2 aromatic rings. The van der Waals surface area contributed by atoms with Crippen molar-refractivity contribution < 1.29 is 19.1 Å². The lowest BCUT2D eigenvalue weighted by atomic mass is 9.80. The van der Waals surface area contributed by atoms with Gasteiger partial charge in [0, 0.05) is 28.3 Å². The first-order valence-electron chi connectivity index (χ1n) is 8.65. The number of ketones is 1. The van der Waals surface area contributed by atoms with Gasteiger partial charge in [-0.25, -0.2) is 4.79 Å². The fourth-order valence-corrected chi connectivity index (χ4v) is 3.86. The second-order valence-corrected chi connectivity index (χ2v) is 6.53. The average molecular weight is 361 g/mol. The maximum atomic E-state index is 13.2. The number of carbonyl (C=O) groups excluding carboxylic acids is 2. The molecule has 0 fully saturated rings. The molecule has 4 rings (SSSR count). The van der Waals surface area contributed by atoms with Gasteiger partial charge in [-0.3, -0.25) is 4.79 Å². The van der Waals surface area contributed by atoms with Gasteiger partial charge in [0.2, 0.25) is 0 Å². The van der Waals surface area contributed by atoms with Crippen LogP contribution in [-0.4, -0.2) is 26.0 Å². The van der Waals surface area contributed by atoms with E-state index in [-0.39, 0.29) is 5.78 Å². The lowest BCUT2D eigenvalue weighted by molar-refractivity contribution is -0.136. The number of methoxy groups -OCH3 is 2. The van der Waals surface area contributed by atoms with Crippen molar-refractivity contribution in [3.8, 4) is 5.75 Å². The van der Waals surface area contributed by atoms with Crippen molar-refractivity contribution in [3.05, 3.63) is 82.1 Å². The minimum Gasteiger partial charge on any atom is -0.497 e. The molecule has 2 aromatic carbocycles. The van der Waals surface area contributed by atoms with Crippen LogP contribution < -0.4 is 10.1 Å². The third-order valence-corrected chi connectivity index (χ3v) is 5.08. The zero-order valence-corrected chi connectivity index (χ0v) is 15.3. The van der Waals surface area contributed by atoms with E-state index in [9.17, 15) is 9.59 Å². The molecule has 0 aromatic heterocycles. The van der Waals surface area contributed by atoms with E-state index >= 15 is 0 Å². The lowest BCUT2D eigenvalue weighted by Gasteiger charge is -2.29. The van der Waals surface area contributed by atoms with Gasteiger partial charge in [0.15, 0.2) is 5.78 Å². The molecule has 1 aliphatic carbocycles. The van der Waals surface area contributed by atoms with Crippen LogP contribution in [0.2, 0.25) is 0 Å². The van der Waals surface area contributed by atoms with E-state index in [0.717, 1.165) is 16.8 Å². The van der Waals surface area contributed by atoms with Crippen LogP contribution in [0, 0.1) is 0 Å². The monoisotopic (exact) mass is 361 g/mol. The maximum absolute atomic E-state index is 13.2. The van der Waals surface area contributed by atoms with E-state index in [4.69, 9.17) is 9.47 Å². The second-order valence-electron chi connectivity index (χ2n) is 6.53. The molecule has 0 spiro atoms. The maximum Gasteiger partial charge on any atom is 0.336 e. The number of ether oxygens (including phenoxy) is 2.